The van der Waals surface area contributed by atoms with Crippen LogP contribution in [0.4, 0.5) is 10.5 Å². The van der Waals surface area contributed by atoms with E-state index in [-0.39, 0.29) is 6.54 Å². The Kier molecular flexibility index (Phi) is 5.00. The first-order chi connectivity index (χ1) is 12.0. The maximum Gasteiger partial charge on any atom is 0.294 e. The number of amides is 3. The molecule has 6 heteroatoms. The number of imide groups is 1. The molecule has 2 aromatic rings. The van der Waals surface area contributed by atoms with Crippen LogP contribution in [0.3, 0.4) is 0 Å². The standard InChI is InChI=1S/C19H16N2O3S/c1-13-7-5-6-8-14(13)11-16-18(23)21(19(24)25-16)12-17(22)20-15-9-3-2-4-10-15/h2-11H,12H2,1H3,(H,20,22)/b16-11+. The lowest BCUT2D eigenvalue weighted by Crippen LogP contribution is -2.36. The minimum Gasteiger partial charge on any atom is -0.325 e. The molecule has 0 aliphatic carbocycles. The number of hydrogen-bond acceptors (Lipinski definition) is 4. The molecule has 5 nitrogen and oxygen atoms in total. The van der Waals surface area contributed by atoms with Gasteiger partial charge >= 0.3 is 0 Å². The fourth-order valence-electron chi connectivity index (χ4n) is 2.39. The lowest BCUT2D eigenvalue weighted by Gasteiger charge is -2.12. The molecule has 0 aromatic heterocycles. The first kappa shape index (κ1) is 17.0. The Bertz CT molecular complexity index is 862. The molecule has 1 N–H and O–H groups in total. The highest BCUT2D eigenvalue weighted by Gasteiger charge is 2.36. The van der Waals surface area contributed by atoms with Crippen LogP contribution in [0.25, 0.3) is 6.08 Å². The summed E-state index contributed by atoms with van der Waals surface area (Å²) in [6, 6.07) is 16.5. The third-order valence-electron chi connectivity index (χ3n) is 3.71. The number of carbonyl (C=O) groups excluding carboxylic acids is 3. The predicted molar refractivity (Wildman–Crippen MR) is 98.9 cm³/mol. The van der Waals surface area contributed by atoms with Crippen LogP contribution < -0.4 is 5.32 Å². The first-order valence-corrected chi connectivity index (χ1v) is 8.52. The van der Waals surface area contributed by atoms with Crippen molar-refractivity contribution >= 4 is 40.6 Å². The average Bonchev–Trinajstić information content (AvgIpc) is 2.85. The Morgan fingerprint density at radius 1 is 1.08 bits per heavy atom. The zero-order valence-electron chi connectivity index (χ0n) is 13.6. The fourth-order valence-corrected chi connectivity index (χ4v) is 3.22. The van der Waals surface area contributed by atoms with E-state index in [9.17, 15) is 14.4 Å². The number of thioether (sulfide) groups is 1. The topological polar surface area (TPSA) is 66.5 Å². The molecule has 0 saturated carbocycles. The van der Waals surface area contributed by atoms with Crippen LogP contribution in [-0.4, -0.2) is 28.5 Å². The summed E-state index contributed by atoms with van der Waals surface area (Å²) in [5, 5.41) is 2.23. The van der Waals surface area contributed by atoms with Gasteiger partial charge in [-0.15, -0.1) is 0 Å². The Morgan fingerprint density at radius 2 is 1.76 bits per heavy atom. The summed E-state index contributed by atoms with van der Waals surface area (Å²) in [5.41, 5.74) is 2.51. The molecule has 1 aliphatic rings. The molecule has 1 saturated heterocycles. The zero-order valence-corrected chi connectivity index (χ0v) is 14.4. The lowest BCUT2D eigenvalue weighted by atomic mass is 10.1. The van der Waals surface area contributed by atoms with Crippen LogP contribution in [0.2, 0.25) is 0 Å². The number of para-hydroxylation sites is 1. The molecular weight excluding hydrogens is 336 g/mol. The maximum absolute atomic E-state index is 12.5. The summed E-state index contributed by atoms with van der Waals surface area (Å²) in [7, 11) is 0. The molecule has 0 unspecified atom stereocenters. The second-order valence-electron chi connectivity index (χ2n) is 5.54. The molecule has 0 atom stereocenters. The molecule has 3 rings (SSSR count). The second kappa shape index (κ2) is 7.36. The summed E-state index contributed by atoms with van der Waals surface area (Å²) < 4.78 is 0. The quantitative estimate of drug-likeness (QED) is 0.853. The van der Waals surface area contributed by atoms with Crippen LogP contribution in [0.5, 0.6) is 0 Å². The number of nitrogens with zero attached hydrogens (tertiary/aromatic N) is 1. The van der Waals surface area contributed by atoms with E-state index in [0.717, 1.165) is 27.8 Å². The number of aryl methyl sites for hydroxylation is 1. The molecule has 126 valence electrons. The van der Waals surface area contributed by atoms with Gasteiger partial charge < -0.3 is 5.32 Å². The zero-order chi connectivity index (χ0) is 17.8. The van der Waals surface area contributed by atoms with Gasteiger partial charge in [0.25, 0.3) is 11.1 Å². The molecule has 1 fully saturated rings. The van der Waals surface area contributed by atoms with Crippen molar-refractivity contribution in [1.82, 2.24) is 4.90 Å². The first-order valence-electron chi connectivity index (χ1n) is 7.70. The summed E-state index contributed by atoms with van der Waals surface area (Å²) in [4.78, 5) is 37.9. The summed E-state index contributed by atoms with van der Waals surface area (Å²) in [5.74, 6) is -0.855. The fraction of sp³-hybridized carbons (Fsp3) is 0.105. The molecule has 25 heavy (non-hydrogen) atoms. The van der Waals surface area contributed by atoms with Crippen LogP contribution >= 0.6 is 11.8 Å². The van der Waals surface area contributed by atoms with Crippen molar-refractivity contribution < 1.29 is 14.4 Å². The van der Waals surface area contributed by atoms with Crippen molar-refractivity contribution in [3.8, 4) is 0 Å². The van der Waals surface area contributed by atoms with Gasteiger partial charge in [0.1, 0.15) is 6.54 Å². The third kappa shape index (κ3) is 3.97. The molecule has 0 spiro atoms. The summed E-state index contributed by atoms with van der Waals surface area (Å²) in [6.45, 7) is 1.63. The van der Waals surface area contributed by atoms with Crippen LogP contribution in [0.15, 0.2) is 59.5 Å². The smallest absolute Gasteiger partial charge is 0.294 e. The Labute approximate surface area is 149 Å². The molecular formula is C19H16N2O3S. The van der Waals surface area contributed by atoms with E-state index in [1.165, 1.54) is 0 Å². The minimum atomic E-state index is -0.443. The number of anilines is 1. The second-order valence-corrected chi connectivity index (χ2v) is 6.53. The maximum atomic E-state index is 12.5. The molecule has 0 bridgehead atoms. The molecule has 2 aromatic carbocycles. The van der Waals surface area contributed by atoms with E-state index < -0.39 is 17.1 Å². The Hall–Kier alpha value is -2.86. The number of nitrogens with one attached hydrogen (secondary N) is 1. The van der Waals surface area contributed by atoms with Gasteiger partial charge in [-0.2, -0.15) is 0 Å². The largest absolute Gasteiger partial charge is 0.325 e. The van der Waals surface area contributed by atoms with Crippen molar-refractivity contribution in [1.29, 1.82) is 0 Å². The number of benzene rings is 2. The molecule has 3 amide bonds. The molecule has 1 heterocycles. The monoisotopic (exact) mass is 352 g/mol. The normalized spacial score (nSPS) is 15.7. The Morgan fingerprint density at radius 3 is 2.48 bits per heavy atom. The number of hydrogen-bond donors (Lipinski definition) is 1. The minimum absolute atomic E-state index is 0.301. The third-order valence-corrected chi connectivity index (χ3v) is 4.62. The van der Waals surface area contributed by atoms with Crippen LogP contribution in [-0.2, 0) is 9.59 Å². The van der Waals surface area contributed by atoms with Gasteiger partial charge in [-0.3, -0.25) is 19.3 Å². The predicted octanol–water partition coefficient (Wildman–Crippen LogP) is 3.67. The van der Waals surface area contributed by atoms with E-state index in [2.05, 4.69) is 5.32 Å². The number of rotatable bonds is 4. The van der Waals surface area contributed by atoms with E-state index in [4.69, 9.17) is 0 Å². The van der Waals surface area contributed by atoms with Crippen LogP contribution in [0, 0.1) is 6.92 Å². The van der Waals surface area contributed by atoms with Crippen LogP contribution in [0.1, 0.15) is 11.1 Å². The van der Waals surface area contributed by atoms with Crippen molar-refractivity contribution in [2.45, 2.75) is 6.92 Å². The van der Waals surface area contributed by atoms with E-state index in [1.807, 2.05) is 37.3 Å². The molecule has 1 aliphatic heterocycles. The highest BCUT2D eigenvalue weighted by molar-refractivity contribution is 8.18. The van der Waals surface area contributed by atoms with E-state index in [1.54, 1.807) is 30.3 Å². The van der Waals surface area contributed by atoms with E-state index >= 15 is 0 Å². The summed E-state index contributed by atoms with van der Waals surface area (Å²) in [6.07, 6.45) is 1.69. The highest BCUT2D eigenvalue weighted by atomic mass is 32.2. The molecule has 0 radical (unpaired) electrons. The van der Waals surface area contributed by atoms with Gasteiger partial charge in [0.05, 0.1) is 4.91 Å². The van der Waals surface area contributed by atoms with Gasteiger partial charge in [-0.1, -0.05) is 42.5 Å². The summed E-state index contributed by atoms with van der Waals surface area (Å²) >= 11 is 0.852. The lowest BCUT2D eigenvalue weighted by molar-refractivity contribution is -0.127. The SMILES string of the molecule is Cc1ccccc1/C=C1/SC(=O)N(CC(=O)Nc2ccccc2)C1=O. The number of carbonyl (C=O) groups is 3. The van der Waals surface area contributed by atoms with Gasteiger partial charge in [-0.05, 0) is 48.0 Å². The van der Waals surface area contributed by atoms with Gasteiger partial charge in [0, 0.05) is 5.69 Å². The highest BCUT2D eigenvalue weighted by Crippen LogP contribution is 2.32. The van der Waals surface area contributed by atoms with Crippen molar-refractivity contribution in [3.63, 3.8) is 0 Å². The Balaban J connectivity index is 1.71. The van der Waals surface area contributed by atoms with Crippen molar-refractivity contribution in [2.75, 3.05) is 11.9 Å². The van der Waals surface area contributed by atoms with Gasteiger partial charge in [-0.25, -0.2) is 0 Å². The van der Waals surface area contributed by atoms with Crippen molar-refractivity contribution in [2.24, 2.45) is 0 Å². The average molecular weight is 352 g/mol. The van der Waals surface area contributed by atoms with Gasteiger partial charge in [0.15, 0.2) is 0 Å². The van der Waals surface area contributed by atoms with Crippen molar-refractivity contribution in [3.05, 3.63) is 70.6 Å². The van der Waals surface area contributed by atoms with E-state index in [0.29, 0.717) is 10.6 Å². The van der Waals surface area contributed by atoms with Gasteiger partial charge in [0.2, 0.25) is 5.91 Å².